The van der Waals surface area contributed by atoms with Crippen LogP contribution in [0, 0.1) is 11.6 Å². The molecule has 4 aromatic rings. The number of anilines is 2. The van der Waals surface area contributed by atoms with Gasteiger partial charge < -0.3 is 26.3 Å². The Morgan fingerprint density at radius 2 is 1.97 bits per heavy atom. The number of nitrogens with zero attached hydrogens (tertiary/aromatic N) is 4. The third kappa shape index (κ3) is 4.39. The first-order chi connectivity index (χ1) is 17.3. The smallest absolute Gasteiger partial charge is 0.319 e. The second-order valence-electron chi connectivity index (χ2n) is 8.49. The lowest BCUT2D eigenvalue weighted by molar-refractivity contribution is 0.0301. The van der Waals surface area contributed by atoms with Crippen LogP contribution in [0.1, 0.15) is 0 Å². The SMILES string of the molecule is COC1CN(C)CC1Oc1nc(NCCN)c2cc(Cl)c(-c3ccc(F)c4sc(N)nc34)c(F)c2n1. The lowest BCUT2D eigenvalue weighted by Crippen LogP contribution is -2.32. The van der Waals surface area contributed by atoms with Crippen LogP contribution in [0.2, 0.25) is 5.02 Å². The maximum Gasteiger partial charge on any atom is 0.319 e. The van der Waals surface area contributed by atoms with Gasteiger partial charge >= 0.3 is 6.01 Å². The molecule has 2 aromatic carbocycles. The van der Waals surface area contributed by atoms with Crippen molar-refractivity contribution in [2.45, 2.75) is 12.2 Å². The number of aromatic nitrogens is 3. The van der Waals surface area contributed by atoms with Crippen LogP contribution in [0.4, 0.5) is 19.7 Å². The van der Waals surface area contributed by atoms with Gasteiger partial charge in [0.25, 0.3) is 0 Å². The first-order valence-corrected chi connectivity index (χ1v) is 12.4. The predicted octanol–water partition coefficient (Wildman–Crippen LogP) is 3.50. The molecule has 0 amide bonds. The molecule has 2 aromatic heterocycles. The van der Waals surface area contributed by atoms with Crippen molar-refractivity contribution in [2.75, 3.05) is 51.4 Å². The van der Waals surface area contributed by atoms with E-state index >= 15 is 4.39 Å². The number of likely N-dealkylation sites (tertiary alicyclic amines) is 1. The van der Waals surface area contributed by atoms with E-state index in [2.05, 4.69) is 25.2 Å². The first kappa shape index (κ1) is 24.8. The molecule has 36 heavy (non-hydrogen) atoms. The highest BCUT2D eigenvalue weighted by molar-refractivity contribution is 7.22. The molecule has 0 bridgehead atoms. The fourth-order valence-electron chi connectivity index (χ4n) is 4.39. The first-order valence-electron chi connectivity index (χ1n) is 11.2. The Hall–Kier alpha value is -2.90. The molecule has 190 valence electrons. The van der Waals surface area contributed by atoms with Gasteiger partial charge in [-0.25, -0.2) is 13.8 Å². The molecule has 1 aliphatic rings. The number of hydrogen-bond donors (Lipinski definition) is 3. The molecule has 2 atom stereocenters. The Labute approximate surface area is 214 Å². The highest BCUT2D eigenvalue weighted by atomic mass is 35.5. The largest absolute Gasteiger partial charge is 0.456 e. The number of halogens is 3. The summed E-state index contributed by atoms with van der Waals surface area (Å²) in [5.41, 5.74) is 12.0. The van der Waals surface area contributed by atoms with Crippen molar-refractivity contribution in [3.8, 4) is 17.1 Å². The second-order valence-corrected chi connectivity index (χ2v) is 9.93. The normalized spacial score (nSPS) is 18.4. The highest BCUT2D eigenvalue weighted by Crippen LogP contribution is 2.42. The van der Waals surface area contributed by atoms with E-state index in [-0.39, 0.29) is 49.7 Å². The molecule has 0 radical (unpaired) electrons. The minimum absolute atomic E-state index is 0.0140. The van der Waals surface area contributed by atoms with E-state index in [0.29, 0.717) is 42.9 Å². The summed E-state index contributed by atoms with van der Waals surface area (Å²) in [5, 5.41) is 3.69. The van der Waals surface area contributed by atoms with Crippen LogP contribution in [0.25, 0.3) is 32.2 Å². The molecule has 1 aliphatic heterocycles. The Kier molecular flexibility index (Phi) is 6.79. The third-order valence-corrected chi connectivity index (χ3v) is 7.23. The maximum absolute atomic E-state index is 16.2. The topological polar surface area (TPSA) is 124 Å². The van der Waals surface area contributed by atoms with Crippen LogP contribution in [-0.4, -0.2) is 72.4 Å². The molecule has 9 nitrogen and oxygen atoms in total. The van der Waals surface area contributed by atoms with E-state index in [1.165, 1.54) is 12.1 Å². The van der Waals surface area contributed by atoms with Crippen LogP contribution in [-0.2, 0) is 4.74 Å². The number of thiazole rings is 1. The number of benzene rings is 2. The molecule has 0 saturated carbocycles. The van der Waals surface area contributed by atoms with Crippen LogP contribution < -0.4 is 21.5 Å². The minimum Gasteiger partial charge on any atom is -0.456 e. The number of hydrogen-bond acceptors (Lipinski definition) is 10. The van der Waals surface area contributed by atoms with Gasteiger partial charge in [0.1, 0.15) is 29.4 Å². The number of ether oxygens (including phenoxy) is 2. The summed E-state index contributed by atoms with van der Waals surface area (Å²) >= 11 is 7.56. The molecule has 0 aliphatic carbocycles. The fraction of sp³-hybridized carbons (Fsp3) is 0.348. The van der Waals surface area contributed by atoms with Gasteiger partial charge in [-0.1, -0.05) is 22.9 Å². The summed E-state index contributed by atoms with van der Waals surface area (Å²) in [6.45, 7) is 1.99. The molecule has 1 fully saturated rings. The number of rotatable bonds is 7. The van der Waals surface area contributed by atoms with Crippen molar-refractivity contribution in [1.29, 1.82) is 0 Å². The Morgan fingerprint density at radius 3 is 2.72 bits per heavy atom. The third-order valence-electron chi connectivity index (χ3n) is 6.04. The average Bonchev–Trinajstić information content (AvgIpc) is 3.41. The zero-order valence-corrected chi connectivity index (χ0v) is 21.1. The van der Waals surface area contributed by atoms with Gasteiger partial charge in [0, 0.05) is 49.8 Å². The van der Waals surface area contributed by atoms with Gasteiger partial charge in [-0.3, -0.25) is 4.90 Å². The van der Waals surface area contributed by atoms with Crippen LogP contribution >= 0.6 is 22.9 Å². The summed E-state index contributed by atoms with van der Waals surface area (Å²) in [4.78, 5) is 15.1. The van der Waals surface area contributed by atoms with Crippen LogP contribution in [0.15, 0.2) is 18.2 Å². The lowest BCUT2D eigenvalue weighted by Gasteiger charge is -2.19. The molecule has 2 unspecified atom stereocenters. The molecule has 1 saturated heterocycles. The standard InChI is InChI=1S/C23H24ClF2N7O2S/c1-33-8-14(34-2)15(9-33)35-23-31-18-11(21(32-23)29-6-5-27)7-12(24)16(17(18)26)10-3-4-13(25)20-19(10)30-22(28)36-20/h3-4,7,14-15H,5-6,8-9,27H2,1-2H3,(H2,28,30)(H,29,31,32). The number of nitrogens with one attached hydrogen (secondary N) is 1. The van der Waals surface area contributed by atoms with Gasteiger partial charge in [-0.15, -0.1) is 0 Å². The molecular formula is C23H24ClF2N7O2S. The van der Waals surface area contributed by atoms with Crippen molar-refractivity contribution in [3.63, 3.8) is 0 Å². The summed E-state index contributed by atoms with van der Waals surface area (Å²) < 4.78 is 42.4. The fourth-order valence-corrected chi connectivity index (χ4v) is 5.45. The summed E-state index contributed by atoms with van der Waals surface area (Å²) in [6, 6.07) is 4.21. The lowest BCUT2D eigenvalue weighted by atomic mass is 10.0. The summed E-state index contributed by atoms with van der Waals surface area (Å²) in [5.74, 6) is -0.886. The summed E-state index contributed by atoms with van der Waals surface area (Å²) in [7, 11) is 3.56. The second kappa shape index (κ2) is 9.87. The molecule has 0 spiro atoms. The molecule has 5 N–H and O–H groups in total. The van der Waals surface area contributed by atoms with Crippen molar-refractivity contribution >= 4 is 55.0 Å². The van der Waals surface area contributed by atoms with E-state index in [0.717, 1.165) is 11.3 Å². The van der Waals surface area contributed by atoms with E-state index in [9.17, 15) is 4.39 Å². The number of nitrogens with two attached hydrogens (primary N) is 2. The molecule has 3 heterocycles. The number of likely N-dealkylation sites (N-methyl/N-ethyl adjacent to an activating group) is 1. The van der Waals surface area contributed by atoms with Gasteiger partial charge in [-0.2, -0.15) is 9.97 Å². The van der Waals surface area contributed by atoms with Crippen molar-refractivity contribution in [2.24, 2.45) is 5.73 Å². The van der Waals surface area contributed by atoms with E-state index < -0.39 is 11.6 Å². The minimum atomic E-state index is -0.716. The summed E-state index contributed by atoms with van der Waals surface area (Å²) in [6.07, 6.45) is -0.535. The van der Waals surface area contributed by atoms with Gasteiger partial charge in [0.15, 0.2) is 10.9 Å². The molecule has 13 heteroatoms. The van der Waals surface area contributed by atoms with Crippen molar-refractivity contribution < 1.29 is 18.3 Å². The van der Waals surface area contributed by atoms with E-state index in [4.69, 9.17) is 32.5 Å². The van der Waals surface area contributed by atoms with Crippen molar-refractivity contribution in [1.82, 2.24) is 19.9 Å². The van der Waals surface area contributed by atoms with Gasteiger partial charge in [0.2, 0.25) is 0 Å². The van der Waals surface area contributed by atoms with Gasteiger partial charge in [0.05, 0.1) is 15.2 Å². The zero-order valence-electron chi connectivity index (χ0n) is 19.5. The van der Waals surface area contributed by atoms with E-state index in [1.54, 1.807) is 13.2 Å². The number of fused-ring (bicyclic) bond motifs is 2. The molecule has 5 rings (SSSR count). The monoisotopic (exact) mass is 535 g/mol. The Bertz CT molecular complexity index is 1450. The Balaban J connectivity index is 1.68. The van der Waals surface area contributed by atoms with Gasteiger partial charge in [-0.05, 0) is 25.2 Å². The number of methoxy groups -OCH3 is 1. The van der Waals surface area contributed by atoms with Crippen LogP contribution in [0.5, 0.6) is 6.01 Å². The maximum atomic E-state index is 16.2. The average molecular weight is 536 g/mol. The predicted molar refractivity (Wildman–Crippen MR) is 138 cm³/mol. The van der Waals surface area contributed by atoms with Crippen LogP contribution in [0.3, 0.4) is 0 Å². The zero-order chi connectivity index (χ0) is 25.6. The quantitative estimate of drug-likeness (QED) is 0.326. The molecular weight excluding hydrogens is 512 g/mol. The van der Waals surface area contributed by atoms with Crippen molar-refractivity contribution in [3.05, 3.63) is 34.9 Å². The highest BCUT2D eigenvalue weighted by Gasteiger charge is 2.34. The Morgan fingerprint density at radius 1 is 1.19 bits per heavy atom. The number of nitrogen functional groups attached to an aromatic ring is 1. The van der Waals surface area contributed by atoms with E-state index in [1.807, 2.05) is 7.05 Å².